The Labute approximate surface area is 156 Å². The van der Waals surface area contributed by atoms with Gasteiger partial charge < -0.3 is 5.32 Å². The van der Waals surface area contributed by atoms with Gasteiger partial charge in [0.1, 0.15) is 0 Å². The van der Waals surface area contributed by atoms with Gasteiger partial charge in [0.15, 0.2) is 0 Å². The molecule has 26 heavy (non-hydrogen) atoms. The van der Waals surface area contributed by atoms with Crippen LogP contribution < -0.4 is 5.32 Å². The fourth-order valence-electron chi connectivity index (χ4n) is 3.75. The highest BCUT2D eigenvalue weighted by Crippen LogP contribution is 2.24. The highest BCUT2D eigenvalue weighted by molar-refractivity contribution is 7.89. The SMILES string of the molecule is C[C@@H]1CCCN(S(=O)(=O)c2ccc(NC(=O)CN3CCCCC3)cc2)C1. The van der Waals surface area contributed by atoms with Crippen molar-refractivity contribution in [2.24, 2.45) is 5.92 Å². The molecule has 6 nitrogen and oxygen atoms in total. The lowest BCUT2D eigenvalue weighted by Crippen LogP contribution is -2.39. The van der Waals surface area contributed by atoms with E-state index in [2.05, 4.69) is 17.1 Å². The van der Waals surface area contributed by atoms with Crippen LogP contribution in [-0.4, -0.2) is 56.3 Å². The van der Waals surface area contributed by atoms with Crippen molar-refractivity contribution >= 4 is 21.6 Å². The number of likely N-dealkylation sites (tertiary alicyclic amines) is 1. The zero-order valence-electron chi connectivity index (χ0n) is 15.5. The lowest BCUT2D eigenvalue weighted by atomic mass is 10.0. The first kappa shape index (κ1) is 19.3. The van der Waals surface area contributed by atoms with Crippen molar-refractivity contribution < 1.29 is 13.2 Å². The van der Waals surface area contributed by atoms with Crippen molar-refractivity contribution in [2.75, 3.05) is 38.0 Å². The van der Waals surface area contributed by atoms with Crippen LogP contribution in [0.1, 0.15) is 39.0 Å². The summed E-state index contributed by atoms with van der Waals surface area (Å²) in [5.74, 6) is 0.347. The number of benzene rings is 1. The second kappa shape index (κ2) is 8.50. The number of nitrogens with one attached hydrogen (secondary N) is 1. The van der Waals surface area contributed by atoms with Gasteiger partial charge in [0, 0.05) is 18.8 Å². The molecule has 1 N–H and O–H groups in total. The summed E-state index contributed by atoms with van der Waals surface area (Å²) in [6.07, 6.45) is 5.52. The van der Waals surface area contributed by atoms with Crippen LogP contribution in [0.4, 0.5) is 5.69 Å². The van der Waals surface area contributed by atoms with Crippen LogP contribution in [0, 0.1) is 5.92 Å². The molecular weight excluding hydrogens is 350 g/mol. The minimum Gasteiger partial charge on any atom is -0.325 e. The Morgan fingerprint density at radius 2 is 1.77 bits per heavy atom. The average molecular weight is 380 g/mol. The summed E-state index contributed by atoms with van der Waals surface area (Å²) in [5, 5.41) is 2.87. The molecule has 2 heterocycles. The second-order valence-electron chi connectivity index (χ2n) is 7.52. The van der Waals surface area contributed by atoms with E-state index < -0.39 is 10.0 Å². The van der Waals surface area contributed by atoms with Gasteiger partial charge in [-0.25, -0.2) is 8.42 Å². The Morgan fingerprint density at radius 3 is 2.42 bits per heavy atom. The van der Waals surface area contributed by atoms with E-state index in [4.69, 9.17) is 0 Å². The molecule has 0 aromatic heterocycles. The topological polar surface area (TPSA) is 69.7 Å². The van der Waals surface area contributed by atoms with Crippen molar-refractivity contribution in [1.82, 2.24) is 9.21 Å². The maximum absolute atomic E-state index is 12.8. The zero-order chi connectivity index (χ0) is 18.6. The molecule has 7 heteroatoms. The van der Waals surface area contributed by atoms with Crippen molar-refractivity contribution in [3.8, 4) is 0 Å². The number of sulfonamides is 1. The molecule has 0 spiro atoms. The number of amides is 1. The number of carbonyl (C=O) groups is 1. The van der Waals surface area contributed by atoms with E-state index >= 15 is 0 Å². The maximum Gasteiger partial charge on any atom is 0.243 e. The molecule has 1 atom stereocenters. The second-order valence-corrected chi connectivity index (χ2v) is 9.46. The van der Waals surface area contributed by atoms with Crippen LogP contribution in [0.5, 0.6) is 0 Å². The number of anilines is 1. The van der Waals surface area contributed by atoms with E-state index in [1.807, 2.05) is 0 Å². The van der Waals surface area contributed by atoms with Crippen LogP contribution in [0.3, 0.4) is 0 Å². The zero-order valence-corrected chi connectivity index (χ0v) is 16.3. The van der Waals surface area contributed by atoms with E-state index in [-0.39, 0.29) is 5.91 Å². The average Bonchev–Trinajstić information content (AvgIpc) is 2.63. The van der Waals surface area contributed by atoms with Crippen LogP contribution in [0.2, 0.25) is 0 Å². The third-order valence-corrected chi connectivity index (χ3v) is 7.09. The van der Waals surface area contributed by atoms with Crippen molar-refractivity contribution in [3.63, 3.8) is 0 Å². The monoisotopic (exact) mass is 379 g/mol. The lowest BCUT2D eigenvalue weighted by molar-refractivity contribution is -0.117. The van der Waals surface area contributed by atoms with Crippen LogP contribution >= 0.6 is 0 Å². The maximum atomic E-state index is 12.8. The summed E-state index contributed by atoms with van der Waals surface area (Å²) in [5.41, 5.74) is 0.637. The normalized spacial score (nSPS) is 22.9. The van der Waals surface area contributed by atoms with E-state index in [1.54, 1.807) is 28.6 Å². The highest BCUT2D eigenvalue weighted by atomic mass is 32.2. The number of hydrogen-bond donors (Lipinski definition) is 1. The molecule has 0 radical (unpaired) electrons. The lowest BCUT2D eigenvalue weighted by Gasteiger charge is -2.30. The summed E-state index contributed by atoms with van der Waals surface area (Å²) in [4.78, 5) is 14.6. The van der Waals surface area contributed by atoms with Gasteiger partial charge in [-0.1, -0.05) is 13.3 Å². The number of piperidine rings is 2. The number of rotatable bonds is 5. The summed E-state index contributed by atoms with van der Waals surface area (Å²) in [7, 11) is -3.45. The Balaban J connectivity index is 1.59. The van der Waals surface area contributed by atoms with E-state index in [0.29, 0.717) is 36.1 Å². The molecule has 1 aromatic carbocycles. The first-order chi connectivity index (χ1) is 12.4. The summed E-state index contributed by atoms with van der Waals surface area (Å²) < 4.78 is 27.1. The largest absolute Gasteiger partial charge is 0.325 e. The van der Waals surface area contributed by atoms with Crippen LogP contribution in [0.15, 0.2) is 29.2 Å². The highest BCUT2D eigenvalue weighted by Gasteiger charge is 2.28. The van der Waals surface area contributed by atoms with Gasteiger partial charge in [-0.05, 0) is 69.0 Å². The Hall–Kier alpha value is -1.44. The van der Waals surface area contributed by atoms with E-state index in [9.17, 15) is 13.2 Å². The predicted molar refractivity (Wildman–Crippen MR) is 103 cm³/mol. The molecule has 3 rings (SSSR count). The van der Waals surface area contributed by atoms with Crippen molar-refractivity contribution in [3.05, 3.63) is 24.3 Å². The standard InChI is InChI=1S/C19H29N3O3S/c1-16-6-5-13-22(14-16)26(24,25)18-9-7-17(8-10-18)20-19(23)15-21-11-3-2-4-12-21/h7-10,16H,2-6,11-15H2,1H3,(H,20,23)/t16-/m1/s1. The third-order valence-electron chi connectivity index (χ3n) is 5.21. The Kier molecular flexibility index (Phi) is 6.32. The first-order valence-corrected chi connectivity index (χ1v) is 11.0. The number of hydrogen-bond acceptors (Lipinski definition) is 4. The predicted octanol–water partition coefficient (Wildman–Crippen LogP) is 2.53. The molecule has 1 aromatic rings. The van der Waals surface area contributed by atoms with Gasteiger partial charge in [-0.2, -0.15) is 4.31 Å². The molecule has 0 saturated carbocycles. The summed E-state index contributed by atoms with van der Waals surface area (Å²) in [6.45, 7) is 5.59. The molecule has 0 aliphatic carbocycles. The van der Waals surface area contributed by atoms with Gasteiger partial charge in [0.2, 0.25) is 15.9 Å². The first-order valence-electron chi connectivity index (χ1n) is 9.57. The molecule has 2 saturated heterocycles. The van der Waals surface area contributed by atoms with Gasteiger partial charge in [0.05, 0.1) is 11.4 Å². The molecular formula is C19H29N3O3S. The Morgan fingerprint density at radius 1 is 1.08 bits per heavy atom. The van der Waals surface area contributed by atoms with E-state index in [0.717, 1.165) is 38.8 Å². The summed E-state index contributed by atoms with van der Waals surface area (Å²) >= 11 is 0. The Bertz CT molecular complexity index is 712. The van der Waals surface area contributed by atoms with Crippen molar-refractivity contribution in [2.45, 2.75) is 43.9 Å². The molecule has 0 unspecified atom stereocenters. The molecule has 2 aliphatic rings. The van der Waals surface area contributed by atoms with Gasteiger partial charge in [-0.15, -0.1) is 0 Å². The smallest absolute Gasteiger partial charge is 0.243 e. The molecule has 2 aliphatic heterocycles. The molecule has 0 bridgehead atoms. The molecule has 144 valence electrons. The van der Waals surface area contributed by atoms with Crippen LogP contribution in [-0.2, 0) is 14.8 Å². The fraction of sp³-hybridized carbons (Fsp3) is 0.632. The third kappa shape index (κ3) is 4.84. The fourth-order valence-corrected chi connectivity index (χ4v) is 5.34. The minimum absolute atomic E-state index is 0.0487. The van der Waals surface area contributed by atoms with E-state index in [1.165, 1.54) is 6.42 Å². The quantitative estimate of drug-likeness (QED) is 0.853. The number of nitrogens with zero attached hydrogens (tertiary/aromatic N) is 2. The number of carbonyl (C=O) groups excluding carboxylic acids is 1. The summed E-state index contributed by atoms with van der Waals surface area (Å²) in [6, 6.07) is 6.53. The van der Waals surface area contributed by atoms with Crippen LogP contribution in [0.25, 0.3) is 0 Å². The minimum atomic E-state index is -3.45. The molecule has 2 fully saturated rings. The van der Waals surface area contributed by atoms with Crippen molar-refractivity contribution in [1.29, 1.82) is 0 Å². The van der Waals surface area contributed by atoms with Gasteiger partial charge in [-0.3, -0.25) is 9.69 Å². The van der Waals surface area contributed by atoms with Gasteiger partial charge in [0.25, 0.3) is 0 Å². The van der Waals surface area contributed by atoms with Gasteiger partial charge >= 0.3 is 0 Å². The molecule has 1 amide bonds.